The molecule has 0 radical (unpaired) electrons. The molecule has 1 aliphatic rings. The van der Waals surface area contributed by atoms with E-state index in [1.807, 2.05) is 0 Å². The molecule has 0 amide bonds. The highest BCUT2D eigenvalue weighted by Crippen LogP contribution is 2.36. The Hall–Kier alpha value is -1.59. The largest absolute Gasteiger partial charge is 0.465 e. The van der Waals surface area contributed by atoms with Gasteiger partial charge in [-0.25, -0.2) is 4.79 Å². The number of carbonyl (C=O) groups is 1. The second-order valence-corrected chi connectivity index (χ2v) is 4.20. The molecule has 0 unspecified atom stereocenters. The van der Waals surface area contributed by atoms with Crippen LogP contribution in [0.15, 0.2) is 18.2 Å². The second kappa shape index (κ2) is 4.35. The summed E-state index contributed by atoms with van der Waals surface area (Å²) in [7, 11) is 1.33. The molecule has 0 saturated carbocycles. The van der Waals surface area contributed by atoms with E-state index < -0.39 is 11.4 Å². The van der Waals surface area contributed by atoms with Crippen molar-refractivity contribution in [1.29, 1.82) is 0 Å². The van der Waals surface area contributed by atoms with Gasteiger partial charge in [-0.1, -0.05) is 6.07 Å². The number of aliphatic hydroxyl groups excluding tert-OH is 2. The van der Waals surface area contributed by atoms with Crippen molar-refractivity contribution in [2.45, 2.75) is 5.41 Å². The van der Waals surface area contributed by atoms with Crippen LogP contribution < -0.4 is 5.32 Å². The van der Waals surface area contributed by atoms with Crippen LogP contribution in [0.3, 0.4) is 0 Å². The van der Waals surface area contributed by atoms with Crippen LogP contribution in [0.1, 0.15) is 15.9 Å². The van der Waals surface area contributed by atoms with Crippen molar-refractivity contribution in [3.05, 3.63) is 29.3 Å². The van der Waals surface area contributed by atoms with Crippen LogP contribution in [-0.4, -0.2) is 43.1 Å². The molecule has 1 heterocycles. The molecule has 5 heteroatoms. The maximum atomic E-state index is 11.4. The maximum absolute atomic E-state index is 11.4. The normalized spacial score (nSPS) is 16.2. The highest BCUT2D eigenvalue weighted by molar-refractivity contribution is 5.91. The van der Waals surface area contributed by atoms with Crippen LogP contribution in [0.25, 0.3) is 0 Å². The summed E-state index contributed by atoms with van der Waals surface area (Å²) in [6, 6.07) is 5.06. The molecule has 1 aliphatic heterocycles. The molecule has 5 nitrogen and oxygen atoms in total. The van der Waals surface area contributed by atoms with Crippen LogP contribution >= 0.6 is 0 Å². The van der Waals surface area contributed by atoms with Gasteiger partial charge in [0.15, 0.2) is 0 Å². The van der Waals surface area contributed by atoms with Gasteiger partial charge in [0.2, 0.25) is 0 Å². The van der Waals surface area contributed by atoms with E-state index in [1.165, 1.54) is 7.11 Å². The molecule has 0 fully saturated rings. The Balaban J connectivity index is 2.41. The lowest BCUT2D eigenvalue weighted by atomic mass is 9.84. The summed E-state index contributed by atoms with van der Waals surface area (Å²) in [6.07, 6.45) is 0. The Bertz CT molecular complexity index is 440. The second-order valence-electron chi connectivity index (χ2n) is 4.20. The van der Waals surface area contributed by atoms with Crippen molar-refractivity contribution in [3.8, 4) is 0 Å². The lowest BCUT2D eigenvalue weighted by Gasteiger charge is -2.23. The number of carbonyl (C=O) groups excluding carboxylic acids is 1. The van der Waals surface area contributed by atoms with E-state index in [2.05, 4.69) is 10.1 Å². The first kappa shape index (κ1) is 11.9. The Kier molecular flexibility index (Phi) is 3.04. The SMILES string of the molecule is COC(=O)c1ccc2c(c1)NCC2(CO)CO. The number of aliphatic hydroxyl groups is 2. The number of nitrogens with one attached hydrogen (secondary N) is 1. The maximum Gasteiger partial charge on any atom is 0.337 e. The van der Waals surface area contributed by atoms with Gasteiger partial charge in [-0.15, -0.1) is 0 Å². The van der Waals surface area contributed by atoms with Crippen molar-refractivity contribution in [2.75, 3.05) is 32.2 Å². The minimum Gasteiger partial charge on any atom is -0.465 e. The Morgan fingerprint density at radius 3 is 2.76 bits per heavy atom. The molecule has 0 saturated heterocycles. The van der Waals surface area contributed by atoms with Crippen LogP contribution in [-0.2, 0) is 10.2 Å². The topological polar surface area (TPSA) is 78.8 Å². The molecular formula is C12H15NO4. The first-order valence-corrected chi connectivity index (χ1v) is 5.35. The number of rotatable bonds is 3. The third-order valence-corrected chi connectivity index (χ3v) is 3.23. The van der Waals surface area contributed by atoms with Gasteiger partial charge in [0.05, 0.1) is 31.3 Å². The number of methoxy groups -OCH3 is 1. The molecule has 1 aromatic carbocycles. The summed E-state index contributed by atoms with van der Waals surface area (Å²) in [4.78, 5) is 11.4. The zero-order valence-corrected chi connectivity index (χ0v) is 9.56. The molecule has 92 valence electrons. The van der Waals surface area contributed by atoms with Gasteiger partial charge >= 0.3 is 5.97 Å². The molecule has 0 atom stereocenters. The quantitative estimate of drug-likeness (QED) is 0.651. The number of ether oxygens (including phenoxy) is 1. The summed E-state index contributed by atoms with van der Waals surface area (Å²) < 4.78 is 4.64. The Labute approximate surface area is 99.0 Å². The number of hydrogen-bond acceptors (Lipinski definition) is 5. The smallest absolute Gasteiger partial charge is 0.337 e. The number of esters is 1. The van der Waals surface area contributed by atoms with E-state index in [4.69, 9.17) is 0 Å². The highest BCUT2D eigenvalue weighted by Gasteiger charge is 2.38. The van der Waals surface area contributed by atoms with E-state index in [1.54, 1.807) is 18.2 Å². The van der Waals surface area contributed by atoms with Crippen molar-refractivity contribution in [2.24, 2.45) is 0 Å². The van der Waals surface area contributed by atoms with Crippen LogP contribution in [0.4, 0.5) is 5.69 Å². The van der Waals surface area contributed by atoms with Gasteiger partial charge in [0.25, 0.3) is 0 Å². The molecule has 0 aromatic heterocycles. The van der Waals surface area contributed by atoms with Crippen molar-refractivity contribution < 1.29 is 19.7 Å². The highest BCUT2D eigenvalue weighted by atomic mass is 16.5. The number of hydrogen-bond donors (Lipinski definition) is 3. The monoisotopic (exact) mass is 237 g/mol. The van der Waals surface area contributed by atoms with E-state index in [0.717, 1.165) is 11.3 Å². The number of benzene rings is 1. The molecule has 17 heavy (non-hydrogen) atoms. The van der Waals surface area contributed by atoms with Gasteiger partial charge in [-0.3, -0.25) is 0 Å². The summed E-state index contributed by atoms with van der Waals surface area (Å²) in [6.45, 7) is 0.183. The molecule has 0 spiro atoms. The van der Waals surface area contributed by atoms with E-state index in [0.29, 0.717) is 12.1 Å². The fraction of sp³-hybridized carbons (Fsp3) is 0.417. The number of anilines is 1. The van der Waals surface area contributed by atoms with Crippen molar-refractivity contribution in [3.63, 3.8) is 0 Å². The average molecular weight is 237 g/mol. The first-order valence-electron chi connectivity index (χ1n) is 5.35. The van der Waals surface area contributed by atoms with Gasteiger partial charge in [0.1, 0.15) is 0 Å². The fourth-order valence-electron chi connectivity index (χ4n) is 2.09. The molecule has 0 aliphatic carbocycles. The predicted molar refractivity (Wildman–Crippen MR) is 62.1 cm³/mol. The number of fused-ring (bicyclic) bond motifs is 1. The average Bonchev–Trinajstić information content (AvgIpc) is 2.76. The minimum atomic E-state index is -0.663. The minimum absolute atomic E-state index is 0.138. The molecule has 3 N–H and O–H groups in total. The third-order valence-electron chi connectivity index (χ3n) is 3.23. The van der Waals surface area contributed by atoms with Crippen LogP contribution in [0, 0.1) is 0 Å². The van der Waals surface area contributed by atoms with Gasteiger partial charge in [0, 0.05) is 12.2 Å². The lowest BCUT2D eigenvalue weighted by molar-refractivity contribution is 0.0601. The van der Waals surface area contributed by atoms with Gasteiger partial charge < -0.3 is 20.3 Å². The zero-order valence-electron chi connectivity index (χ0n) is 9.56. The van der Waals surface area contributed by atoms with Crippen LogP contribution in [0.5, 0.6) is 0 Å². The molecule has 0 bridgehead atoms. The zero-order chi connectivity index (χ0) is 12.5. The summed E-state index contributed by atoms with van der Waals surface area (Å²) in [5, 5.41) is 21.9. The van der Waals surface area contributed by atoms with Gasteiger partial charge in [-0.05, 0) is 17.7 Å². The van der Waals surface area contributed by atoms with Crippen LogP contribution in [0.2, 0.25) is 0 Å². The fourth-order valence-corrected chi connectivity index (χ4v) is 2.09. The summed E-state index contributed by atoms with van der Waals surface area (Å²) >= 11 is 0. The first-order chi connectivity index (χ1) is 8.16. The summed E-state index contributed by atoms with van der Waals surface area (Å²) in [5.74, 6) is -0.403. The molecule has 1 aromatic rings. The predicted octanol–water partition coefficient (Wildman–Crippen LogP) is 0.121. The van der Waals surface area contributed by atoms with Crippen molar-refractivity contribution in [1.82, 2.24) is 0 Å². The van der Waals surface area contributed by atoms with Gasteiger partial charge in [-0.2, -0.15) is 0 Å². The van der Waals surface area contributed by atoms with E-state index >= 15 is 0 Å². The molecule has 2 rings (SSSR count). The van der Waals surface area contributed by atoms with E-state index in [9.17, 15) is 15.0 Å². The van der Waals surface area contributed by atoms with E-state index in [-0.39, 0.29) is 13.2 Å². The third kappa shape index (κ3) is 1.77. The Morgan fingerprint density at radius 2 is 2.18 bits per heavy atom. The Morgan fingerprint density at radius 1 is 1.47 bits per heavy atom. The summed E-state index contributed by atoms with van der Waals surface area (Å²) in [5.41, 5.74) is 1.38. The molecular weight excluding hydrogens is 222 g/mol. The van der Waals surface area contributed by atoms with Crippen molar-refractivity contribution >= 4 is 11.7 Å². The lowest BCUT2D eigenvalue weighted by Crippen LogP contribution is -2.36. The standard InChI is InChI=1S/C12H15NO4/c1-17-11(16)8-2-3-9-10(4-8)13-5-12(9,6-14)7-15/h2-4,13-15H,5-7H2,1H3.